The highest BCUT2D eigenvalue weighted by Gasteiger charge is 2.52. The number of aromatic nitrogens is 4. The molecule has 494 valence electrons. The molecule has 16 aromatic carbocycles. The van der Waals surface area contributed by atoms with Crippen molar-refractivity contribution in [3.05, 3.63) is 331 Å². The second-order valence-electron chi connectivity index (χ2n) is 28.3. The number of rotatable bonds is 6. The first-order chi connectivity index (χ1) is 50.9. The Balaban J connectivity index is 0.000000113. The summed E-state index contributed by atoms with van der Waals surface area (Å²) in [6.07, 6.45) is 4.77. The molecule has 0 saturated carbocycles. The van der Waals surface area contributed by atoms with E-state index in [0.717, 1.165) is 116 Å². The predicted molar refractivity (Wildman–Crippen MR) is 437 cm³/mol. The predicted octanol–water partition coefficient (Wildman–Crippen LogP) is 24.7. The Hall–Kier alpha value is -12.0. The van der Waals surface area contributed by atoms with Crippen LogP contribution in [-0.4, -0.2) is 38.3 Å². The molecule has 0 atom stereocenters. The topological polar surface area (TPSA) is 83.2 Å². The summed E-state index contributed by atoms with van der Waals surface area (Å²) in [5.74, 6) is 0. The third-order valence-electron chi connectivity index (χ3n) is 21.5. The molecule has 9 heteroatoms. The SMILES string of the molecule is Brc1cccc(-c2cccc(-c3cnc4c5ccccc5c5ccccc5c4n3)c2)c1.CC1(C)OB(c2cccc3c2oc2cc4ccccc4cc23)OC1(C)C.c1cc(-c2cccc(-c3cccc4c3Cc3cc5ccccc5cc3-4)c2)cc(-c2cnc3c4ccccc4c4ccccc4c3n2)c1. The average molecular weight is 1400 g/mol. The minimum atomic E-state index is -0.432. The number of furan rings is 1. The Morgan fingerprint density at radius 3 is 1.27 bits per heavy atom. The van der Waals surface area contributed by atoms with Gasteiger partial charge in [0.25, 0.3) is 0 Å². The molecule has 2 aliphatic rings. The van der Waals surface area contributed by atoms with Crippen molar-refractivity contribution in [2.24, 2.45) is 0 Å². The van der Waals surface area contributed by atoms with Gasteiger partial charge in [0.2, 0.25) is 0 Å². The molecule has 0 spiro atoms. The number of benzene rings is 16. The normalized spacial score (nSPS) is 13.6. The fourth-order valence-corrected chi connectivity index (χ4v) is 16.0. The van der Waals surface area contributed by atoms with Crippen LogP contribution in [0.25, 0.3) is 176 Å². The first-order valence-corrected chi connectivity index (χ1v) is 36.2. The van der Waals surface area contributed by atoms with Crippen molar-refractivity contribution in [3.8, 4) is 67.0 Å². The molecule has 1 aliphatic carbocycles. The van der Waals surface area contributed by atoms with Gasteiger partial charge in [0, 0.05) is 53.4 Å². The van der Waals surface area contributed by atoms with Gasteiger partial charge in [-0.2, -0.15) is 0 Å². The van der Waals surface area contributed by atoms with Gasteiger partial charge in [-0.05, 0) is 181 Å². The summed E-state index contributed by atoms with van der Waals surface area (Å²) in [5.41, 5.74) is 22.3. The van der Waals surface area contributed by atoms with Crippen LogP contribution in [0.1, 0.15) is 38.8 Å². The molecule has 3 aromatic heterocycles. The van der Waals surface area contributed by atoms with Crippen LogP contribution >= 0.6 is 15.9 Å². The number of fused-ring (bicyclic) bond motifs is 20. The fraction of sp³-hybridized carbons (Fsp3) is 0.0737. The highest BCUT2D eigenvalue weighted by molar-refractivity contribution is 9.10. The Labute approximate surface area is 610 Å². The lowest BCUT2D eigenvalue weighted by Crippen LogP contribution is -2.41. The fourth-order valence-electron chi connectivity index (χ4n) is 15.6. The Morgan fingerprint density at radius 1 is 0.327 bits per heavy atom. The molecule has 4 heterocycles. The van der Waals surface area contributed by atoms with E-state index in [0.29, 0.717) is 0 Å². The van der Waals surface area contributed by atoms with E-state index < -0.39 is 7.12 Å². The number of hydrogen-bond donors (Lipinski definition) is 0. The van der Waals surface area contributed by atoms with Crippen molar-refractivity contribution in [3.63, 3.8) is 0 Å². The molecule has 1 saturated heterocycles. The van der Waals surface area contributed by atoms with Crippen LogP contribution in [0.4, 0.5) is 0 Å². The van der Waals surface area contributed by atoms with Crippen LogP contribution in [0.15, 0.2) is 325 Å². The van der Waals surface area contributed by atoms with Crippen LogP contribution in [-0.2, 0) is 15.7 Å². The molecule has 7 nitrogen and oxygen atoms in total. The van der Waals surface area contributed by atoms with Gasteiger partial charge in [-0.15, -0.1) is 0 Å². The van der Waals surface area contributed by atoms with Gasteiger partial charge in [-0.3, -0.25) is 9.97 Å². The van der Waals surface area contributed by atoms with Crippen molar-refractivity contribution in [1.82, 2.24) is 19.9 Å². The van der Waals surface area contributed by atoms with Gasteiger partial charge < -0.3 is 13.7 Å². The molecule has 0 N–H and O–H groups in total. The van der Waals surface area contributed by atoms with E-state index in [1.807, 2.05) is 36.7 Å². The second kappa shape index (κ2) is 25.2. The summed E-state index contributed by atoms with van der Waals surface area (Å²) < 4.78 is 19.8. The maximum atomic E-state index is 6.28. The van der Waals surface area contributed by atoms with Crippen LogP contribution < -0.4 is 5.46 Å². The van der Waals surface area contributed by atoms with Crippen molar-refractivity contribution >= 4 is 137 Å². The second-order valence-corrected chi connectivity index (χ2v) is 29.2. The molecule has 21 rings (SSSR count). The molecular weight excluding hydrogens is 1340 g/mol. The Kier molecular flexibility index (Phi) is 15.3. The molecule has 1 aliphatic heterocycles. The molecule has 0 unspecified atom stereocenters. The maximum absolute atomic E-state index is 6.28. The Morgan fingerprint density at radius 2 is 0.731 bits per heavy atom. The number of halogens is 1. The van der Waals surface area contributed by atoms with Crippen LogP contribution in [0, 0.1) is 0 Å². The summed E-state index contributed by atoms with van der Waals surface area (Å²) in [7, 11) is -0.432. The van der Waals surface area contributed by atoms with Crippen LogP contribution in [0.3, 0.4) is 0 Å². The van der Waals surface area contributed by atoms with E-state index >= 15 is 0 Å². The molecule has 0 amide bonds. The zero-order valence-corrected chi connectivity index (χ0v) is 59.3. The van der Waals surface area contributed by atoms with Crippen LogP contribution in [0.5, 0.6) is 0 Å². The molecule has 0 bridgehead atoms. The van der Waals surface area contributed by atoms with Gasteiger partial charge in [0.1, 0.15) is 11.2 Å². The maximum Gasteiger partial charge on any atom is 0.498 e. The standard InChI is InChI=1S/C45H28N2.C28H17BrN2.C22H21BO3/c1-2-11-31-25-41-34(24-28(31)10-1)26-42-35(20-9-21-38(41)42)32-14-7-12-29(22-32)30-13-8-15-33(23-30)43-27-46-44-39-18-5-3-16-36(39)37-17-4-6-19-40(37)45(44)47-43;29-21-10-6-8-19(16-21)18-7-5-9-20(15-18)26-17-30-27-24-13-3-1-11-22(24)23-12-2-4-14-25(23)28(27)31-26;1-21(2)22(3,4)26-23(25-21)18-11-7-10-16-17-12-14-8-5-6-9-15(14)13-19(17)24-20(16)18/h1-25,27H,26H2;1-17H;5-13H,1-4H3. The summed E-state index contributed by atoms with van der Waals surface area (Å²) in [4.78, 5) is 20.2. The quantitative estimate of drug-likeness (QED) is 0.121. The van der Waals surface area contributed by atoms with Crippen LogP contribution in [0.2, 0.25) is 0 Å². The lowest BCUT2D eigenvalue weighted by molar-refractivity contribution is 0.00578. The smallest absolute Gasteiger partial charge is 0.456 e. The first-order valence-electron chi connectivity index (χ1n) is 35.5. The summed E-state index contributed by atoms with van der Waals surface area (Å²) in [5, 5.41) is 16.6. The lowest BCUT2D eigenvalue weighted by Gasteiger charge is -2.32. The lowest BCUT2D eigenvalue weighted by atomic mass is 9.78. The largest absolute Gasteiger partial charge is 0.498 e. The van der Waals surface area contributed by atoms with Gasteiger partial charge in [-0.1, -0.05) is 271 Å². The summed E-state index contributed by atoms with van der Waals surface area (Å²) in [6, 6.07) is 107. The van der Waals surface area contributed by atoms with E-state index in [-0.39, 0.29) is 11.2 Å². The molecule has 0 radical (unpaired) electrons. The van der Waals surface area contributed by atoms with Gasteiger partial charge >= 0.3 is 7.12 Å². The monoisotopic (exact) mass is 1400 g/mol. The molecule has 19 aromatic rings. The van der Waals surface area contributed by atoms with Gasteiger partial charge in [0.05, 0.1) is 57.1 Å². The first kappa shape index (κ1) is 63.0. The number of nitrogens with zero attached hydrogens (tertiary/aromatic N) is 4. The zero-order valence-electron chi connectivity index (χ0n) is 57.7. The van der Waals surface area contributed by atoms with Crippen molar-refractivity contribution in [2.75, 3.05) is 0 Å². The van der Waals surface area contributed by atoms with Crippen molar-refractivity contribution < 1.29 is 13.7 Å². The highest BCUT2D eigenvalue weighted by Crippen LogP contribution is 2.46. The molecular formula is C95H66BBrN4O3. The van der Waals surface area contributed by atoms with E-state index in [9.17, 15) is 0 Å². The Bertz CT molecular complexity index is 6640. The molecule has 104 heavy (non-hydrogen) atoms. The minimum Gasteiger partial charge on any atom is -0.456 e. The summed E-state index contributed by atoms with van der Waals surface area (Å²) >= 11 is 3.57. The third kappa shape index (κ3) is 11.0. The minimum absolute atomic E-state index is 0.374. The zero-order chi connectivity index (χ0) is 69.8. The van der Waals surface area contributed by atoms with Gasteiger partial charge in [0.15, 0.2) is 0 Å². The molecule has 1 fully saturated rings. The third-order valence-corrected chi connectivity index (χ3v) is 22.0. The van der Waals surface area contributed by atoms with E-state index in [1.165, 1.54) is 87.6 Å². The van der Waals surface area contributed by atoms with Crippen molar-refractivity contribution in [1.29, 1.82) is 0 Å². The van der Waals surface area contributed by atoms with E-state index in [1.54, 1.807) is 0 Å². The summed E-state index contributed by atoms with van der Waals surface area (Å²) in [6.45, 7) is 8.27. The highest BCUT2D eigenvalue weighted by atomic mass is 79.9. The average Bonchev–Trinajstić information content (AvgIpc) is 1.39. The number of hydrogen-bond acceptors (Lipinski definition) is 7. The van der Waals surface area contributed by atoms with Crippen molar-refractivity contribution in [2.45, 2.75) is 45.3 Å². The van der Waals surface area contributed by atoms with E-state index in [2.05, 4.69) is 323 Å². The number of para-hydroxylation sites is 1. The van der Waals surface area contributed by atoms with Gasteiger partial charge in [-0.25, -0.2) is 9.97 Å². The van der Waals surface area contributed by atoms with E-state index in [4.69, 9.17) is 33.7 Å².